The van der Waals surface area contributed by atoms with Gasteiger partial charge in [0.2, 0.25) is 0 Å². The average Bonchev–Trinajstić information content (AvgIpc) is 2.28. The lowest BCUT2D eigenvalue weighted by molar-refractivity contribution is 0.182. The number of anilines is 1. The number of hydrogen-bond acceptors (Lipinski definition) is 2. The fraction of sp³-hybridized carbons (Fsp3) is 0.600. The summed E-state index contributed by atoms with van der Waals surface area (Å²) in [4.78, 5) is 2.48. The Labute approximate surface area is 104 Å². The van der Waals surface area contributed by atoms with E-state index in [9.17, 15) is 5.11 Å². The highest BCUT2D eigenvalue weighted by Crippen LogP contribution is 2.29. The summed E-state index contributed by atoms with van der Waals surface area (Å²) in [6.07, 6.45) is 2.99. The lowest BCUT2D eigenvalue weighted by Crippen LogP contribution is -2.35. The van der Waals surface area contributed by atoms with Gasteiger partial charge in [-0.2, -0.15) is 0 Å². The number of aliphatic hydroxyl groups is 1. The Morgan fingerprint density at radius 2 is 2.18 bits per heavy atom. The molecule has 1 aromatic rings. The van der Waals surface area contributed by atoms with Crippen LogP contribution in [0.4, 0.5) is 5.69 Å². The molecule has 2 heteroatoms. The maximum Gasteiger partial charge on any atom is 0.0512 e. The number of aliphatic hydroxyl groups excluding tert-OH is 1. The predicted octanol–water partition coefficient (Wildman–Crippen LogP) is 2.85. The van der Waals surface area contributed by atoms with Crippen molar-refractivity contribution in [3.63, 3.8) is 0 Å². The molecule has 0 radical (unpaired) electrons. The van der Waals surface area contributed by atoms with E-state index < -0.39 is 0 Å². The topological polar surface area (TPSA) is 23.5 Å². The van der Waals surface area contributed by atoms with E-state index >= 15 is 0 Å². The third-order valence-corrected chi connectivity index (χ3v) is 3.48. The van der Waals surface area contributed by atoms with Gasteiger partial charge >= 0.3 is 0 Å². The van der Waals surface area contributed by atoms with Crippen LogP contribution in [0, 0.1) is 5.92 Å². The number of rotatable bonds is 4. The second-order valence-corrected chi connectivity index (χ2v) is 5.38. The Balaban J connectivity index is 2.02. The van der Waals surface area contributed by atoms with Crippen LogP contribution >= 0.6 is 0 Å². The highest BCUT2D eigenvalue weighted by atomic mass is 16.3. The minimum atomic E-state index is -0.174. The first-order valence-corrected chi connectivity index (χ1v) is 6.67. The first-order valence-electron chi connectivity index (χ1n) is 6.67. The fourth-order valence-electron chi connectivity index (χ4n) is 2.70. The molecule has 2 rings (SSSR count). The van der Waals surface area contributed by atoms with E-state index in [1.165, 1.54) is 17.7 Å². The van der Waals surface area contributed by atoms with Gasteiger partial charge in [-0.25, -0.2) is 0 Å². The van der Waals surface area contributed by atoms with E-state index in [-0.39, 0.29) is 6.10 Å². The van der Waals surface area contributed by atoms with Crippen LogP contribution in [0.3, 0.4) is 0 Å². The van der Waals surface area contributed by atoms with Gasteiger partial charge in [-0.1, -0.05) is 25.1 Å². The van der Waals surface area contributed by atoms with Crippen LogP contribution in [-0.4, -0.2) is 24.3 Å². The van der Waals surface area contributed by atoms with Crippen LogP contribution in [0.1, 0.15) is 32.3 Å². The van der Waals surface area contributed by atoms with Crippen molar-refractivity contribution >= 4 is 5.69 Å². The lowest BCUT2D eigenvalue weighted by atomic mass is 9.93. The Morgan fingerprint density at radius 1 is 1.41 bits per heavy atom. The number of para-hydroxylation sites is 1. The summed E-state index contributed by atoms with van der Waals surface area (Å²) in [5.41, 5.74) is 2.87. The molecule has 1 heterocycles. The number of benzene rings is 1. The van der Waals surface area contributed by atoms with Crippen molar-refractivity contribution < 1.29 is 5.11 Å². The first kappa shape index (κ1) is 12.4. The monoisotopic (exact) mass is 233 g/mol. The molecule has 17 heavy (non-hydrogen) atoms. The van der Waals surface area contributed by atoms with Crippen molar-refractivity contribution in [3.05, 3.63) is 29.8 Å². The Morgan fingerprint density at radius 3 is 2.94 bits per heavy atom. The first-order chi connectivity index (χ1) is 8.16. The van der Waals surface area contributed by atoms with E-state index in [1.807, 2.05) is 6.92 Å². The zero-order chi connectivity index (χ0) is 12.3. The Hall–Kier alpha value is -1.02. The van der Waals surface area contributed by atoms with Crippen LogP contribution in [0.2, 0.25) is 0 Å². The van der Waals surface area contributed by atoms with Crippen LogP contribution in [-0.2, 0) is 6.42 Å². The summed E-state index contributed by atoms with van der Waals surface area (Å²) < 4.78 is 0. The average molecular weight is 233 g/mol. The van der Waals surface area contributed by atoms with Crippen LogP contribution in [0.5, 0.6) is 0 Å². The van der Waals surface area contributed by atoms with E-state index in [2.05, 4.69) is 36.1 Å². The van der Waals surface area contributed by atoms with Gasteiger partial charge in [0, 0.05) is 18.8 Å². The molecule has 0 saturated heterocycles. The molecule has 2 nitrogen and oxygen atoms in total. The largest absolute Gasteiger partial charge is 0.393 e. The van der Waals surface area contributed by atoms with Gasteiger partial charge in [-0.05, 0) is 43.7 Å². The molecular formula is C15H23NO. The van der Waals surface area contributed by atoms with Crippen molar-refractivity contribution in [1.82, 2.24) is 0 Å². The summed E-state index contributed by atoms with van der Waals surface area (Å²) in [7, 11) is 0. The lowest BCUT2D eigenvalue weighted by Gasteiger charge is -2.35. The van der Waals surface area contributed by atoms with Gasteiger partial charge in [-0.3, -0.25) is 0 Å². The smallest absolute Gasteiger partial charge is 0.0512 e. The summed E-state index contributed by atoms with van der Waals surface area (Å²) in [6.45, 7) is 6.40. The highest BCUT2D eigenvalue weighted by Gasteiger charge is 2.20. The Kier molecular flexibility index (Phi) is 4.06. The van der Waals surface area contributed by atoms with E-state index in [1.54, 1.807) is 0 Å². The molecule has 0 aliphatic carbocycles. The summed E-state index contributed by atoms with van der Waals surface area (Å²) >= 11 is 0. The van der Waals surface area contributed by atoms with Gasteiger partial charge < -0.3 is 10.0 Å². The van der Waals surface area contributed by atoms with E-state index in [4.69, 9.17) is 0 Å². The van der Waals surface area contributed by atoms with Crippen molar-refractivity contribution in [3.8, 4) is 0 Å². The molecule has 0 saturated carbocycles. The third kappa shape index (κ3) is 3.22. The molecule has 94 valence electrons. The summed E-state index contributed by atoms with van der Waals surface area (Å²) in [5, 5.41) is 9.31. The molecule has 0 spiro atoms. The van der Waals surface area contributed by atoms with Gasteiger partial charge in [-0.15, -0.1) is 0 Å². The van der Waals surface area contributed by atoms with Crippen molar-refractivity contribution in [1.29, 1.82) is 0 Å². The molecule has 1 aliphatic heterocycles. The maximum atomic E-state index is 9.31. The van der Waals surface area contributed by atoms with Crippen LogP contribution < -0.4 is 4.90 Å². The second kappa shape index (κ2) is 5.54. The molecule has 2 atom stereocenters. The molecule has 1 aliphatic rings. The molecule has 0 amide bonds. The molecular weight excluding hydrogens is 210 g/mol. The quantitative estimate of drug-likeness (QED) is 0.864. The van der Waals surface area contributed by atoms with Crippen molar-refractivity contribution in [2.24, 2.45) is 5.92 Å². The summed E-state index contributed by atoms with van der Waals surface area (Å²) in [5.74, 6) is 0.733. The van der Waals surface area contributed by atoms with Crippen LogP contribution in [0.15, 0.2) is 24.3 Å². The molecule has 1 aromatic carbocycles. The molecule has 1 N–H and O–H groups in total. The van der Waals surface area contributed by atoms with Gasteiger partial charge in [0.25, 0.3) is 0 Å². The number of hydrogen-bond donors (Lipinski definition) is 1. The zero-order valence-electron chi connectivity index (χ0n) is 10.9. The Bertz CT molecular complexity index is 362. The normalized spacial score (nSPS) is 21.1. The van der Waals surface area contributed by atoms with Gasteiger partial charge in [0.15, 0.2) is 0 Å². The van der Waals surface area contributed by atoms with Gasteiger partial charge in [0.1, 0.15) is 0 Å². The standard InChI is InChI=1S/C15H23NO/c1-12-10-14-7-3-4-8-15(14)16(11-12)9-5-6-13(2)17/h3-4,7-8,12-13,17H,5-6,9-11H2,1-2H3. The van der Waals surface area contributed by atoms with Crippen LogP contribution in [0.25, 0.3) is 0 Å². The molecule has 2 unspecified atom stereocenters. The molecule has 0 fully saturated rings. The van der Waals surface area contributed by atoms with E-state index in [0.717, 1.165) is 31.8 Å². The second-order valence-electron chi connectivity index (χ2n) is 5.38. The zero-order valence-corrected chi connectivity index (χ0v) is 10.9. The minimum absolute atomic E-state index is 0.174. The van der Waals surface area contributed by atoms with Crippen molar-refractivity contribution in [2.45, 2.75) is 39.2 Å². The van der Waals surface area contributed by atoms with Crippen molar-refractivity contribution in [2.75, 3.05) is 18.0 Å². The summed E-state index contributed by atoms with van der Waals surface area (Å²) in [6, 6.07) is 8.72. The molecule has 0 bridgehead atoms. The number of nitrogens with zero attached hydrogens (tertiary/aromatic N) is 1. The maximum absolute atomic E-state index is 9.31. The third-order valence-electron chi connectivity index (χ3n) is 3.48. The highest BCUT2D eigenvalue weighted by molar-refractivity contribution is 5.55. The van der Waals surface area contributed by atoms with E-state index in [0.29, 0.717) is 0 Å². The fourth-order valence-corrected chi connectivity index (χ4v) is 2.70. The minimum Gasteiger partial charge on any atom is -0.393 e. The number of fused-ring (bicyclic) bond motifs is 1. The van der Waals surface area contributed by atoms with Gasteiger partial charge in [0.05, 0.1) is 6.10 Å². The predicted molar refractivity (Wildman–Crippen MR) is 72.4 cm³/mol. The SMILES string of the molecule is CC(O)CCCN1CC(C)Cc2ccccc21. The molecule has 0 aromatic heterocycles.